The SMILES string of the molecule is CN(CC(=O)OC1CCC(=O)CC1)C(=O)OCc1ccccc1. The summed E-state index contributed by atoms with van der Waals surface area (Å²) < 4.78 is 10.4. The van der Waals surface area contributed by atoms with Gasteiger partial charge in [0.1, 0.15) is 25.0 Å². The van der Waals surface area contributed by atoms with Crippen molar-refractivity contribution in [1.29, 1.82) is 0 Å². The first-order valence-corrected chi connectivity index (χ1v) is 7.67. The number of benzene rings is 1. The molecule has 0 atom stereocenters. The fourth-order valence-corrected chi connectivity index (χ4v) is 2.34. The Morgan fingerprint density at radius 1 is 1.17 bits per heavy atom. The van der Waals surface area contributed by atoms with E-state index in [1.165, 1.54) is 11.9 Å². The van der Waals surface area contributed by atoms with Crippen LogP contribution in [0.3, 0.4) is 0 Å². The lowest BCUT2D eigenvalue weighted by Gasteiger charge is -2.23. The van der Waals surface area contributed by atoms with Crippen molar-refractivity contribution in [1.82, 2.24) is 4.90 Å². The molecule has 1 saturated carbocycles. The minimum atomic E-state index is -0.579. The second-order valence-corrected chi connectivity index (χ2v) is 5.62. The number of nitrogens with zero attached hydrogens (tertiary/aromatic N) is 1. The summed E-state index contributed by atoms with van der Waals surface area (Å²) in [5.74, 6) is -0.276. The molecule has 0 aromatic heterocycles. The lowest BCUT2D eigenvalue weighted by Crippen LogP contribution is -2.35. The predicted octanol–water partition coefficient (Wildman–Crippen LogP) is 2.31. The van der Waals surface area contributed by atoms with Crippen LogP contribution in [-0.2, 0) is 25.7 Å². The van der Waals surface area contributed by atoms with Crippen LogP contribution in [-0.4, -0.2) is 42.4 Å². The third-order valence-electron chi connectivity index (χ3n) is 3.67. The first-order chi connectivity index (χ1) is 11.0. The average molecular weight is 319 g/mol. The maximum atomic E-state index is 11.8. The lowest BCUT2D eigenvalue weighted by molar-refractivity contribution is -0.152. The molecule has 6 nitrogen and oxygen atoms in total. The van der Waals surface area contributed by atoms with E-state index in [1.54, 1.807) is 0 Å². The number of Topliss-reactive ketones (excluding diaryl/α,β-unsaturated/α-hetero) is 1. The molecular weight excluding hydrogens is 298 g/mol. The van der Waals surface area contributed by atoms with Crippen LogP contribution in [0.5, 0.6) is 0 Å². The van der Waals surface area contributed by atoms with E-state index in [9.17, 15) is 14.4 Å². The molecule has 0 N–H and O–H groups in total. The third-order valence-corrected chi connectivity index (χ3v) is 3.67. The van der Waals surface area contributed by atoms with E-state index in [-0.39, 0.29) is 25.0 Å². The summed E-state index contributed by atoms with van der Waals surface area (Å²) >= 11 is 0. The number of esters is 1. The number of hydrogen-bond acceptors (Lipinski definition) is 5. The van der Waals surface area contributed by atoms with Crippen LogP contribution in [0.1, 0.15) is 31.2 Å². The van der Waals surface area contributed by atoms with Crippen molar-refractivity contribution in [2.75, 3.05) is 13.6 Å². The monoisotopic (exact) mass is 319 g/mol. The molecule has 0 radical (unpaired) electrons. The van der Waals surface area contributed by atoms with Crippen molar-refractivity contribution in [3.63, 3.8) is 0 Å². The first-order valence-electron chi connectivity index (χ1n) is 7.67. The van der Waals surface area contributed by atoms with Crippen LogP contribution >= 0.6 is 0 Å². The Kier molecular flexibility index (Phi) is 6.14. The molecule has 23 heavy (non-hydrogen) atoms. The number of hydrogen-bond donors (Lipinski definition) is 0. The molecule has 0 heterocycles. The van der Waals surface area contributed by atoms with Gasteiger partial charge in [0.15, 0.2) is 0 Å². The molecule has 0 spiro atoms. The molecule has 1 aliphatic carbocycles. The summed E-state index contributed by atoms with van der Waals surface area (Å²) in [7, 11) is 1.49. The number of likely N-dealkylation sites (N-methyl/N-ethyl adjacent to an activating group) is 1. The van der Waals surface area contributed by atoms with Crippen LogP contribution in [0, 0.1) is 0 Å². The standard InChI is InChI=1S/C17H21NO5/c1-18(17(21)22-12-13-5-3-2-4-6-13)11-16(20)23-15-9-7-14(19)8-10-15/h2-6,15H,7-12H2,1H3. The Labute approximate surface area is 135 Å². The average Bonchev–Trinajstić information content (AvgIpc) is 2.55. The lowest BCUT2D eigenvalue weighted by atomic mass is 9.96. The van der Waals surface area contributed by atoms with E-state index >= 15 is 0 Å². The van der Waals surface area contributed by atoms with Crippen LogP contribution in [0.15, 0.2) is 30.3 Å². The summed E-state index contributed by atoms with van der Waals surface area (Å²) in [5, 5.41) is 0. The maximum absolute atomic E-state index is 11.8. The van der Waals surface area contributed by atoms with Gasteiger partial charge in [0.05, 0.1) is 0 Å². The number of ketones is 1. The Morgan fingerprint density at radius 3 is 2.48 bits per heavy atom. The number of rotatable bonds is 5. The molecule has 124 valence electrons. The Bertz CT molecular complexity index is 547. The molecule has 0 saturated heterocycles. The molecule has 1 fully saturated rings. The van der Waals surface area contributed by atoms with Crippen LogP contribution in [0.4, 0.5) is 4.79 Å². The zero-order chi connectivity index (χ0) is 16.7. The predicted molar refractivity (Wildman–Crippen MR) is 82.6 cm³/mol. The topological polar surface area (TPSA) is 72.9 Å². The summed E-state index contributed by atoms with van der Waals surface area (Å²) in [4.78, 5) is 36.0. The molecule has 0 aliphatic heterocycles. The van der Waals surface area contributed by atoms with E-state index in [1.807, 2.05) is 30.3 Å². The highest BCUT2D eigenvalue weighted by Gasteiger charge is 2.23. The largest absolute Gasteiger partial charge is 0.461 e. The van der Waals surface area contributed by atoms with Gasteiger partial charge in [-0.1, -0.05) is 30.3 Å². The van der Waals surface area contributed by atoms with Crippen molar-refractivity contribution in [3.8, 4) is 0 Å². The fraction of sp³-hybridized carbons (Fsp3) is 0.471. The van der Waals surface area contributed by atoms with Crippen LogP contribution in [0.2, 0.25) is 0 Å². The minimum absolute atomic E-state index is 0.157. The van der Waals surface area contributed by atoms with Gasteiger partial charge in [-0.05, 0) is 18.4 Å². The highest BCUT2D eigenvalue weighted by atomic mass is 16.6. The molecule has 1 amide bonds. The normalized spacial score (nSPS) is 15.1. The highest BCUT2D eigenvalue weighted by molar-refractivity contribution is 5.80. The summed E-state index contributed by atoms with van der Waals surface area (Å²) in [6, 6.07) is 9.31. The molecular formula is C17H21NO5. The zero-order valence-corrected chi connectivity index (χ0v) is 13.2. The van der Waals surface area contributed by atoms with Gasteiger partial charge in [-0.3, -0.25) is 9.59 Å². The van der Waals surface area contributed by atoms with Crippen molar-refractivity contribution in [2.45, 2.75) is 38.4 Å². The summed E-state index contributed by atoms with van der Waals surface area (Å²) in [5.41, 5.74) is 0.878. The zero-order valence-electron chi connectivity index (χ0n) is 13.2. The molecule has 0 unspecified atom stereocenters. The quantitative estimate of drug-likeness (QED) is 0.779. The van der Waals surface area contributed by atoms with E-state index in [2.05, 4.69) is 0 Å². The van der Waals surface area contributed by atoms with Crippen LogP contribution < -0.4 is 0 Å². The number of carbonyl (C=O) groups is 3. The van der Waals surface area contributed by atoms with E-state index in [4.69, 9.17) is 9.47 Å². The van der Waals surface area contributed by atoms with Gasteiger partial charge in [0, 0.05) is 19.9 Å². The van der Waals surface area contributed by atoms with Gasteiger partial charge >= 0.3 is 12.1 Å². The molecule has 2 rings (SSSR count). The highest BCUT2D eigenvalue weighted by Crippen LogP contribution is 2.18. The van der Waals surface area contributed by atoms with Crippen molar-refractivity contribution in [2.24, 2.45) is 0 Å². The van der Waals surface area contributed by atoms with Gasteiger partial charge in [-0.25, -0.2) is 4.79 Å². The first kappa shape index (κ1) is 17.0. The van der Waals surface area contributed by atoms with Gasteiger partial charge in [0.25, 0.3) is 0 Å². The maximum Gasteiger partial charge on any atom is 0.410 e. The van der Waals surface area contributed by atoms with E-state index in [0.717, 1.165) is 5.56 Å². The van der Waals surface area contributed by atoms with Crippen molar-refractivity contribution in [3.05, 3.63) is 35.9 Å². The summed E-state index contributed by atoms with van der Waals surface area (Å²) in [6.07, 6.45) is 1.22. The third kappa shape index (κ3) is 5.73. The number of ether oxygens (including phenoxy) is 2. The molecule has 1 aromatic carbocycles. The molecule has 0 bridgehead atoms. The van der Waals surface area contributed by atoms with E-state index in [0.29, 0.717) is 25.7 Å². The summed E-state index contributed by atoms with van der Waals surface area (Å²) in [6.45, 7) is -0.0120. The van der Waals surface area contributed by atoms with Crippen molar-refractivity contribution < 1.29 is 23.9 Å². The molecule has 1 aromatic rings. The van der Waals surface area contributed by atoms with E-state index < -0.39 is 12.1 Å². The smallest absolute Gasteiger partial charge is 0.410 e. The Morgan fingerprint density at radius 2 is 1.83 bits per heavy atom. The van der Waals surface area contributed by atoms with Gasteiger partial charge in [0.2, 0.25) is 0 Å². The number of carbonyl (C=O) groups excluding carboxylic acids is 3. The second kappa shape index (κ2) is 8.31. The Hall–Kier alpha value is -2.37. The molecule has 1 aliphatic rings. The van der Waals surface area contributed by atoms with Crippen molar-refractivity contribution >= 4 is 17.8 Å². The van der Waals surface area contributed by atoms with Crippen LogP contribution in [0.25, 0.3) is 0 Å². The van der Waals surface area contributed by atoms with Gasteiger partial charge < -0.3 is 14.4 Å². The second-order valence-electron chi connectivity index (χ2n) is 5.62. The molecule has 6 heteroatoms. The van der Waals surface area contributed by atoms with Gasteiger partial charge in [-0.2, -0.15) is 0 Å². The number of amides is 1. The minimum Gasteiger partial charge on any atom is -0.461 e. The Balaban J connectivity index is 1.70. The van der Waals surface area contributed by atoms with Gasteiger partial charge in [-0.15, -0.1) is 0 Å². The fourth-order valence-electron chi connectivity index (χ4n) is 2.34.